The average molecular weight is 367 g/mol. The van der Waals surface area contributed by atoms with Gasteiger partial charge in [-0.3, -0.25) is 0 Å². The van der Waals surface area contributed by atoms with Crippen molar-refractivity contribution in [3.05, 3.63) is 0 Å². The van der Waals surface area contributed by atoms with Crippen LogP contribution in [0, 0.1) is 0 Å². The molecule has 52 valence electrons. The molecule has 0 aromatic carbocycles. The first-order valence-electron chi connectivity index (χ1n) is 1.17. The first-order chi connectivity index (χ1) is 3.25. The van der Waals surface area contributed by atoms with Crippen molar-refractivity contribution in [3.8, 4) is 0 Å². The van der Waals surface area contributed by atoms with E-state index in [0.717, 1.165) is 0 Å². The van der Waals surface area contributed by atoms with E-state index in [0.29, 0.717) is 0 Å². The molecule has 0 unspecified atom stereocenters. The molecule has 0 spiro atoms. The molecule has 0 aromatic heterocycles. The summed E-state index contributed by atoms with van der Waals surface area (Å²) in [6.07, 6.45) is 0. The Labute approximate surface area is 71.3 Å². The number of rotatable bonds is 1. The van der Waals surface area contributed by atoms with E-state index >= 15 is 0 Å². The molecule has 0 rings (SSSR count). The average Bonchev–Trinajstić information content (AvgIpc) is 1.25. The summed E-state index contributed by atoms with van der Waals surface area (Å²) in [6.45, 7) is 0. The molecular formula is O6PbS2. The van der Waals surface area contributed by atoms with Gasteiger partial charge >= 0.3 is 27.3 Å². The molecule has 9 heteroatoms. The molecule has 0 saturated carbocycles. The smallest absolute Gasteiger partial charge is 0.736 e. The Kier molecular flexibility index (Phi) is 4.45. The van der Waals surface area contributed by atoms with Crippen molar-refractivity contribution in [2.45, 2.75) is 0 Å². The molecule has 0 aliphatic rings. The van der Waals surface area contributed by atoms with Crippen molar-refractivity contribution >= 4 is 45.6 Å². The fraction of sp³-hybridized carbons (Fsp3) is 0. The van der Waals surface area contributed by atoms with Gasteiger partial charge in [-0.2, -0.15) is 0 Å². The fourth-order valence-electron chi connectivity index (χ4n) is 0. The molecule has 2 radical (unpaired) electrons. The maximum atomic E-state index is 9.20. The number of hydrogen-bond donors (Lipinski definition) is 0. The van der Waals surface area contributed by atoms with Crippen molar-refractivity contribution in [3.63, 3.8) is 0 Å². The summed E-state index contributed by atoms with van der Waals surface area (Å²) in [7, 11) is -11.3. The standard InChI is InChI=1S/H2O6S2.Pb/c1-7(2,3)8(4,5)6;/h(H,1,2,3)(H,4,5,6);/q;+2/p-2. The van der Waals surface area contributed by atoms with Gasteiger partial charge in [-0.1, -0.05) is 0 Å². The first kappa shape index (κ1) is 12.4. The maximum absolute atomic E-state index is 9.20. The molecule has 0 fully saturated rings. The zero-order valence-corrected chi connectivity index (χ0v) is 9.29. The summed E-state index contributed by atoms with van der Waals surface area (Å²) < 4.78 is 55.2. The predicted octanol–water partition coefficient (Wildman–Crippen LogP) is -2.39. The summed E-state index contributed by atoms with van der Waals surface area (Å²) in [5.41, 5.74) is 0. The molecule has 6 nitrogen and oxygen atoms in total. The van der Waals surface area contributed by atoms with Crippen LogP contribution in [0.1, 0.15) is 0 Å². The van der Waals surface area contributed by atoms with Crippen LogP contribution in [0.2, 0.25) is 0 Å². The predicted molar refractivity (Wildman–Crippen MR) is 25.1 cm³/mol. The minimum atomic E-state index is -5.67. The van der Waals surface area contributed by atoms with Gasteiger partial charge < -0.3 is 9.11 Å². The van der Waals surface area contributed by atoms with Crippen LogP contribution in [0.4, 0.5) is 0 Å². The second kappa shape index (κ2) is 3.23. The molecule has 0 aliphatic heterocycles. The number of hydrogen-bond acceptors (Lipinski definition) is 6. The molecule has 0 aromatic rings. The molecule has 0 heterocycles. The van der Waals surface area contributed by atoms with E-state index in [1.54, 1.807) is 0 Å². The Morgan fingerprint density at radius 3 is 0.889 bits per heavy atom. The largest absolute Gasteiger partial charge is 2.00 e. The topological polar surface area (TPSA) is 114 Å². The van der Waals surface area contributed by atoms with Crippen LogP contribution < -0.4 is 0 Å². The third-order valence-electron chi connectivity index (χ3n) is 0.250. The summed E-state index contributed by atoms with van der Waals surface area (Å²) in [6, 6.07) is 0. The minimum Gasteiger partial charge on any atom is -0.736 e. The van der Waals surface area contributed by atoms with Crippen molar-refractivity contribution in [2.24, 2.45) is 0 Å². The zero-order chi connectivity index (χ0) is 7.00. The molecule has 0 amide bonds. The zero-order valence-electron chi connectivity index (χ0n) is 3.77. The van der Waals surface area contributed by atoms with E-state index < -0.39 is 18.3 Å². The van der Waals surface area contributed by atoms with Crippen LogP contribution in [-0.2, 0) is 18.3 Å². The third kappa shape index (κ3) is 4.19. The second-order valence-electron chi connectivity index (χ2n) is 0.816. The van der Waals surface area contributed by atoms with E-state index in [1.807, 2.05) is 0 Å². The van der Waals surface area contributed by atoms with Crippen molar-refractivity contribution in [1.29, 1.82) is 0 Å². The quantitative estimate of drug-likeness (QED) is 0.290. The van der Waals surface area contributed by atoms with Crippen LogP contribution in [-0.4, -0.2) is 53.2 Å². The minimum absolute atomic E-state index is 0. The SMILES string of the molecule is O=S(=O)([O-])S(=O)(=O)[O-].[Pb+2]. The Hall–Kier alpha value is 0.742. The van der Waals surface area contributed by atoms with Crippen LogP contribution in [0.3, 0.4) is 0 Å². The Bertz CT molecular complexity index is 223. The molecule has 9 heavy (non-hydrogen) atoms. The van der Waals surface area contributed by atoms with Crippen molar-refractivity contribution in [2.75, 3.05) is 0 Å². The van der Waals surface area contributed by atoms with Crippen LogP contribution in [0.15, 0.2) is 0 Å². The Morgan fingerprint density at radius 1 is 0.778 bits per heavy atom. The van der Waals surface area contributed by atoms with Gasteiger partial charge in [0.15, 0.2) is 18.3 Å². The van der Waals surface area contributed by atoms with Crippen LogP contribution in [0.25, 0.3) is 0 Å². The molecular weight excluding hydrogens is 367 g/mol. The van der Waals surface area contributed by atoms with Gasteiger partial charge in [-0.05, 0) is 0 Å². The van der Waals surface area contributed by atoms with Crippen LogP contribution in [0.5, 0.6) is 0 Å². The van der Waals surface area contributed by atoms with Gasteiger partial charge in [0.05, 0.1) is 0 Å². The molecule has 0 saturated heterocycles. The molecule has 0 N–H and O–H groups in total. The summed E-state index contributed by atoms with van der Waals surface area (Å²) >= 11 is 0. The van der Waals surface area contributed by atoms with Crippen molar-refractivity contribution in [1.82, 2.24) is 0 Å². The molecule has 0 aliphatic carbocycles. The van der Waals surface area contributed by atoms with Gasteiger partial charge in [0.1, 0.15) is 0 Å². The maximum Gasteiger partial charge on any atom is 2.00 e. The third-order valence-corrected chi connectivity index (χ3v) is 2.25. The van der Waals surface area contributed by atoms with Gasteiger partial charge in [-0.25, -0.2) is 16.8 Å². The molecule has 0 bridgehead atoms. The summed E-state index contributed by atoms with van der Waals surface area (Å²) in [5, 5.41) is 0. The van der Waals surface area contributed by atoms with Gasteiger partial charge in [0.25, 0.3) is 0 Å². The van der Waals surface area contributed by atoms with Crippen LogP contribution >= 0.6 is 0 Å². The van der Waals surface area contributed by atoms with E-state index in [2.05, 4.69) is 0 Å². The monoisotopic (exact) mass is 368 g/mol. The van der Waals surface area contributed by atoms with E-state index in [9.17, 15) is 25.9 Å². The Balaban J connectivity index is 0. The second-order valence-corrected chi connectivity index (χ2v) is 4.90. The van der Waals surface area contributed by atoms with E-state index in [4.69, 9.17) is 0 Å². The Morgan fingerprint density at radius 2 is 0.889 bits per heavy atom. The first-order valence-corrected chi connectivity index (χ1v) is 4.50. The fourth-order valence-corrected chi connectivity index (χ4v) is 0. The summed E-state index contributed by atoms with van der Waals surface area (Å²) in [5.74, 6) is 0. The molecule has 0 atom stereocenters. The van der Waals surface area contributed by atoms with Gasteiger partial charge in [-0.15, -0.1) is 0 Å². The van der Waals surface area contributed by atoms with Gasteiger partial charge in [0, 0.05) is 0 Å². The van der Waals surface area contributed by atoms with Gasteiger partial charge in [0.2, 0.25) is 0 Å². The normalized spacial score (nSPS) is 12.2. The van der Waals surface area contributed by atoms with E-state index in [1.165, 1.54) is 0 Å². The van der Waals surface area contributed by atoms with Crippen molar-refractivity contribution < 1.29 is 25.9 Å². The van der Waals surface area contributed by atoms with E-state index in [-0.39, 0.29) is 27.3 Å². The summed E-state index contributed by atoms with van der Waals surface area (Å²) in [4.78, 5) is 0.